The molecule has 7 heteroatoms. The third-order valence-corrected chi connectivity index (χ3v) is 2.85. The van der Waals surface area contributed by atoms with E-state index in [4.69, 9.17) is 9.94 Å². The normalized spacial score (nSPS) is 11.6. The fourth-order valence-electron chi connectivity index (χ4n) is 1.14. The lowest BCUT2D eigenvalue weighted by molar-refractivity contribution is -0.117. The summed E-state index contributed by atoms with van der Waals surface area (Å²) in [7, 11) is 0. The van der Waals surface area contributed by atoms with Crippen LogP contribution in [0.1, 0.15) is 32.4 Å². The maximum absolute atomic E-state index is 11.5. The SMILES string of the molecule is CCCOCCC(=O)Nc1nc(C(C)=NO)cs1. The van der Waals surface area contributed by atoms with E-state index in [2.05, 4.69) is 15.5 Å². The first-order chi connectivity index (χ1) is 8.67. The smallest absolute Gasteiger partial charge is 0.228 e. The van der Waals surface area contributed by atoms with Gasteiger partial charge in [0.05, 0.1) is 13.0 Å². The zero-order valence-electron chi connectivity index (χ0n) is 10.5. The Hall–Kier alpha value is -1.47. The molecule has 100 valence electrons. The van der Waals surface area contributed by atoms with Gasteiger partial charge in [0.1, 0.15) is 11.4 Å². The summed E-state index contributed by atoms with van der Waals surface area (Å²) in [5.74, 6) is -0.134. The van der Waals surface area contributed by atoms with E-state index in [-0.39, 0.29) is 5.91 Å². The van der Waals surface area contributed by atoms with Crippen LogP contribution in [0, 0.1) is 0 Å². The number of hydrogen-bond acceptors (Lipinski definition) is 6. The molecule has 18 heavy (non-hydrogen) atoms. The Bertz CT molecular complexity index is 417. The van der Waals surface area contributed by atoms with E-state index in [0.29, 0.717) is 36.2 Å². The Balaban J connectivity index is 2.38. The second kappa shape index (κ2) is 7.78. The fourth-order valence-corrected chi connectivity index (χ4v) is 1.91. The molecule has 0 radical (unpaired) electrons. The highest BCUT2D eigenvalue weighted by Gasteiger charge is 2.08. The highest BCUT2D eigenvalue weighted by Crippen LogP contribution is 2.16. The van der Waals surface area contributed by atoms with Crippen LogP contribution in [-0.4, -0.2) is 35.0 Å². The molecule has 0 saturated heterocycles. The van der Waals surface area contributed by atoms with Crippen LogP contribution in [0.15, 0.2) is 10.5 Å². The quantitative estimate of drug-likeness (QED) is 0.344. The minimum atomic E-state index is -0.134. The van der Waals surface area contributed by atoms with E-state index >= 15 is 0 Å². The van der Waals surface area contributed by atoms with Gasteiger partial charge in [-0.05, 0) is 13.3 Å². The minimum Gasteiger partial charge on any atom is -0.411 e. The summed E-state index contributed by atoms with van der Waals surface area (Å²) in [5, 5.41) is 16.5. The number of rotatable bonds is 7. The van der Waals surface area contributed by atoms with Gasteiger partial charge in [0.2, 0.25) is 5.91 Å². The molecule has 1 rings (SSSR count). The Kier molecular flexibility index (Phi) is 6.31. The lowest BCUT2D eigenvalue weighted by Gasteiger charge is -2.02. The summed E-state index contributed by atoms with van der Waals surface area (Å²) < 4.78 is 5.22. The van der Waals surface area contributed by atoms with E-state index in [0.717, 1.165) is 6.42 Å². The molecule has 1 aromatic rings. The van der Waals surface area contributed by atoms with Gasteiger partial charge in [-0.15, -0.1) is 11.3 Å². The number of oxime groups is 1. The standard InChI is InChI=1S/C11H17N3O3S/c1-3-5-17-6-4-10(15)13-11-12-9(7-18-11)8(2)14-16/h7,16H,3-6H2,1-2H3,(H,12,13,15). The fraction of sp³-hybridized carbons (Fsp3) is 0.545. The van der Waals surface area contributed by atoms with Crippen LogP contribution in [0.5, 0.6) is 0 Å². The predicted molar refractivity (Wildman–Crippen MR) is 70.5 cm³/mol. The predicted octanol–water partition coefficient (Wildman–Crippen LogP) is 2.10. The molecule has 0 aliphatic heterocycles. The molecular formula is C11H17N3O3S. The number of nitrogens with zero attached hydrogens (tertiary/aromatic N) is 2. The van der Waals surface area contributed by atoms with E-state index in [9.17, 15) is 4.79 Å². The molecule has 0 aliphatic rings. The third-order valence-electron chi connectivity index (χ3n) is 2.09. The average Bonchev–Trinajstić information content (AvgIpc) is 2.82. The maximum Gasteiger partial charge on any atom is 0.228 e. The first kappa shape index (κ1) is 14.6. The van der Waals surface area contributed by atoms with Crippen LogP contribution in [0.25, 0.3) is 0 Å². The zero-order valence-corrected chi connectivity index (χ0v) is 11.3. The largest absolute Gasteiger partial charge is 0.411 e. The van der Waals surface area contributed by atoms with E-state index in [1.165, 1.54) is 11.3 Å². The van der Waals surface area contributed by atoms with Crippen molar-refractivity contribution in [1.82, 2.24) is 4.98 Å². The number of nitrogens with one attached hydrogen (secondary N) is 1. The molecule has 1 aromatic heterocycles. The lowest BCUT2D eigenvalue weighted by atomic mass is 10.3. The van der Waals surface area contributed by atoms with Crippen molar-refractivity contribution in [3.8, 4) is 0 Å². The highest BCUT2D eigenvalue weighted by atomic mass is 32.1. The summed E-state index contributed by atoms with van der Waals surface area (Å²) in [6.07, 6.45) is 1.25. The van der Waals surface area contributed by atoms with Crippen LogP contribution in [-0.2, 0) is 9.53 Å². The molecule has 6 nitrogen and oxygen atoms in total. The van der Waals surface area contributed by atoms with Gasteiger partial charge < -0.3 is 15.3 Å². The summed E-state index contributed by atoms with van der Waals surface area (Å²) in [5.41, 5.74) is 0.970. The maximum atomic E-state index is 11.5. The molecule has 0 saturated carbocycles. The zero-order chi connectivity index (χ0) is 13.4. The van der Waals surface area contributed by atoms with E-state index in [1.54, 1.807) is 12.3 Å². The van der Waals surface area contributed by atoms with Crippen molar-refractivity contribution in [3.63, 3.8) is 0 Å². The van der Waals surface area contributed by atoms with Gasteiger partial charge >= 0.3 is 0 Å². The monoisotopic (exact) mass is 271 g/mol. The molecule has 0 bridgehead atoms. The highest BCUT2D eigenvalue weighted by molar-refractivity contribution is 7.14. The Morgan fingerprint density at radius 2 is 2.39 bits per heavy atom. The number of aromatic nitrogens is 1. The van der Waals surface area contributed by atoms with Crippen molar-refractivity contribution in [1.29, 1.82) is 0 Å². The van der Waals surface area contributed by atoms with Crippen molar-refractivity contribution in [3.05, 3.63) is 11.1 Å². The van der Waals surface area contributed by atoms with Gasteiger partial charge in [-0.25, -0.2) is 4.98 Å². The Labute approximate surface area is 110 Å². The summed E-state index contributed by atoms with van der Waals surface area (Å²) in [6.45, 7) is 4.73. The molecule has 0 unspecified atom stereocenters. The topological polar surface area (TPSA) is 83.8 Å². The van der Waals surface area contributed by atoms with Crippen LogP contribution < -0.4 is 5.32 Å². The van der Waals surface area contributed by atoms with Crippen LogP contribution in [0.4, 0.5) is 5.13 Å². The number of thiazole rings is 1. The number of carbonyl (C=O) groups is 1. The number of carbonyl (C=O) groups excluding carboxylic acids is 1. The second-order valence-corrected chi connectivity index (χ2v) is 4.49. The molecule has 2 N–H and O–H groups in total. The van der Waals surface area contributed by atoms with Crippen LogP contribution >= 0.6 is 11.3 Å². The molecule has 0 fully saturated rings. The summed E-state index contributed by atoms with van der Waals surface area (Å²) in [4.78, 5) is 15.6. The van der Waals surface area contributed by atoms with Crippen LogP contribution in [0.3, 0.4) is 0 Å². The van der Waals surface area contributed by atoms with Gasteiger partial charge in [0, 0.05) is 12.0 Å². The van der Waals surface area contributed by atoms with Crippen molar-refractivity contribution in [2.75, 3.05) is 18.5 Å². The van der Waals surface area contributed by atoms with E-state index < -0.39 is 0 Å². The van der Waals surface area contributed by atoms with Gasteiger partial charge in [-0.1, -0.05) is 12.1 Å². The molecule has 0 aromatic carbocycles. The number of ether oxygens (including phenoxy) is 1. The molecule has 0 spiro atoms. The Morgan fingerprint density at radius 3 is 3.06 bits per heavy atom. The molecule has 1 amide bonds. The summed E-state index contributed by atoms with van der Waals surface area (Å²) in [6, 6.07) is 0. The number of amides is 1. The number of anilines is 1. The molecular weight excluding hydrogens is 254 g/mol. The first-order valence-electron chi connectivity index (χ1n) is 5.69. The minimum absolute atomic E-state index is 0.134. The van der Waals surface area contributed by atoms with Gasteiger partial charge in [-0.2, -0.15) is 0 Å². The third kappa shape index (κ3) is 4.80. The Morgan fingerprint density at radius 1 is 1.61 bits per heavy atom. The second-order valence-electron chi connectivity index (χ2n) is 3.63. The molecule has 1 heterocycles. The molecule has 0 atom stereocenters. The van der Waals surface area contributed by atoms with Crippen molar-refractivity contribution in [2.24, 2.45) is 5.16 Å². The number of hydrogen-bond donors (Lipinski definition) is 2. The van der Waals surface area contributed by atoms with Gasteiger partial charge in [0.15, 0.2) is 5.13 Å². The first-order valence-corrected chi connectivity index (χ1v) is 6.57. The molecule has 0 aliphatic carbocycles. The van der Waals surface area contributed by atoms with Crippen molar-refractivity contribution < 1.29 is 14.7 Å². The van der Waals surface area contributed by atoms with Crippen LogP contribution in [0.2, 0.25) is 0 Å². The van der Waals surface area contributed by atoms with Gasteiger partial charge in [0.25, 0.3) is 0 Å². The van der Waals surface area contributed by atoms with E-state index in [1.807, 2.05) is 6.92 Å². The lowest BCUT2D eigenvalue weighted by Crippen LogP contribution is -2.14. The van der Waals surface area contributed by atoms with Crippen molar-refractivity contribution in [2.45, 2.75) is 26.7 Å². The van der Waals surface area contributed by atoms with Gasteiger partial charge in [-0.3, -0.25) is 4.79 Å². The summed E-state index contributed by atoms with van der Waals surface area (Å²) >= 11 is 1.29. The average molecular weight is 271 g/mol. The van der Waals surface area contributed by atoms with Crippen molar-refractivity contribution >= 4 is 28.1 Å².